The maximum Gasteiger partial charge on any atom is 0.253 e. The second kappa shape index (κ2) is 5.54. The van der Waals surface area contributed by atoms with Crippen LogP contribution >= 0.6 is 0 Å². The number of rotatable bonds is 4. The molecule has 0 aromatic heterocycles. The van der Waals surface area contributed by atoms with Gasteiger partial charge in [0.2, 0.25) is 0 Å². The first-order valence-corrected chi connectivity index (χ1v) is 5.46. The molecule has 0 radical (unpaired) electrons. The third-order valence-corrected chi connectivity index (χ3v) is 2.45. The molecule has 4 N–H and O–H groups in total. The van der Waals surface area contributed by atoms with Crippen molar-refractivity contribution in [2.75, 3.05) is 45.7 Å². The van der Waals surface area contributed by atoms with E-state index in [9.17, 15) is 4.79 Å². The van der Waals surface area contributed by atoms with Crippen LogP contribution in [0.15, 0.2) is 18.2 Å². The van der Waals surface area contributed by atoms with Gasteiger partial charge in [0, 0.05) is 37.1 Å². The van der Waals surface area contributed by atoms with E-state index < -0.39 is 0 Å². The number of likely N-dealkylation sites (N-methyl/N-ethyl adjacent to an activating group) is 2. The summed E-state index contributed by atoms with van der Waals surface area (Å²) in [6.45, 7) is 1.49. The fourth-order valence-electron chi connectivity index (χ4n) is 1.47. The van der Waals surface area contributed by atoms with Crippen molar-refractivity contribution in [1.29, 1.82) is 0 Å². The van der Waals surface area contributed by atoms with Gasteiger partial charge >= 0.3 is 0 Å². The second-order valence-electron chi connectivity index (χ2n) is 4.42. The third-order valence-electron chi connectivity index (χ3n) is 2.45. The Bertz CT molecular complexity index is 383. The summed E-state index contributed by atoms with van der Waals surface area (Å²) in [5, 5.41) is 0. The van der Waals surface area contributed by atoms with E-state index in [-0.39, 0.29) is 5.91 Å². The molecule has 94 valence electrons. The van der Waals surface area contributed by atoms with Gasteiger partial charge in [0.1, 0.15) is 0 Å². The lowest BCUT2D eigenvalue weighted by atomic mass is 10.1. The Morgan fingerprint density at radius 3 is 2.06 bits per heavy atom. The van der Waals surface area contributed by atoms with Crippen molar-refractivity contribution in [2.45, 2.75) is 0 Å². The molecule has 5 nitrogen and oxygen atoms in total. The minimum absolute atomic E-state index is 0.0640. The number of hydrogen-bond acceptors (Lipinski definition) is 4. The van der Waals surface area contributed by atoms with Crippen molar-refractivity contribution in [3.63, 3.8) is 0 Å². The number of benzene rings is 1. The van der Waals surface area contributed by atoms with Gasteiger partial charge in [-0.15, -0.1) is 0 Å². The molecule has 0 saturated heterocycles. The van der Waals surface area contributed by atoms with Gasteiger partial charge in [-0.05, 0) is 32.3 Å². The molecule has 5 heteroatoms. The zero-order valence-corrected chi connectivity index (χ0v) is 10.6. The van der Waals surface area contributed by atoms with Crippen molar-refractivity contribution >= 4 is 17.3 Å². The molecular formula is C12H20N4O. The number of carbonyl (C=O) groups excluding carboxylic acids is 1. The highest BCUT2D eigenvalue weighted by atomic mass is 16.2. The molecule has 0 unspecified atom stereocenters. The summed E-state index contributed by atoms with van der Waals surface area (Å²) in [5.74, 6) is -0.0640. The summed E-state index contributed by atoms with van der Waals surface area (Å²) in [6.07, 6.45) is 0. The first-order chi connectivity index (χ1) is 7.90. The highest BCUT2D eigenvalue weighted by Gasteiger charge is 2.12. The third kappa shape index (κ3) is 3.96. The number of amides is 1. The predicted octanol–water partition coefficient (Wildman–Crippen LogP) is 0.485. The molecule has 0 bridgehead atoms. The molecule has 0 heterocycles. The summed E-state index contributed by atoms with van der Waals surface area (Å²) >= 11 is 0. The molecule has 1 rings (SSSR count). The van der Waals surface area contributed by atoms with Gasteiger partial charge in [0.25, 0.3) is 5.91 Å². The predicted molar refractivity (Wildman–Crippen MR) is 70.8 cm³/mol. The monoisotopic (exact) mass is 236 g/mol. The molecule has 17 heavy (non-hydrogen) atoms. The smallest absolute Gasteiger partial charge is 0.253 e. The molecule has 0 fully saturated rings. The Labute approximate surface area is 102 Å². The van der Waals surface area contributed by atoms with Crippen LogP contribution in [0.25, 0.3) is 0 Å². The summed E-state index contributed by atoms with van der Waals surface area (Å²) in [7, 11) is 5.71. The Kier molecular flexibility index (Phi) is 4.34. The Balaban J connectivity index is 2.74. The van der Waals surface area contributed by atoms with Crippen LogP contribution in [0.3, 0.4) is 0 Å². The summed E-state index contributed by atoms with van der Waals surface area (Å²) in [5.41, 5.74) is 12.9. The van der Waals surface area contributed by atoms with Crippen LogP contribution in [-0.4, -0.2) is 49.9 Å². The molecule has 0 spiro atoms. The average molecular weight is 236 g/mol. The van der Waals surface area contributed by atoms with Crippen LogP contribution in [0.5, 0.6) is 0 Å². The van der Waals surface area contributed by atoms with Crippen LogP contribution in [-0.2, 0) is 0 Å². The lowest BCUT2D eigenvalue weighted by molar-refractivity contribution is 0.0786. The molecule has 0 atom stereocenters. The van der Waals surface area contributed by atoms with Crippen molar-refractivity contribution in [2.24, 2.45) is 0 Å². The lowest BCUT2D eigenvalue weighted by Crippen LogP contribution is -2.33. The van der Waals surface area contributed by atoms with Crippen molar-refractivity contribution in [3.05, 3.63) is 23.8 Å². The van der Waals surface area contributed by atoms with Crippen molar-refractivity contribution in [3.8, 4) is 0 Å². The topological polar surface area (TPSA) is 75.6 Å². The van der Waals surface area contributed by atoms with Crippen molar-refractivity contribution in [1.82, 2.24) is 9.80 Å². The van der Waals surface area contributed by atoms with Gasteiger partial charge < -0.3 is 21.3 Å². The Morgan fingerprint density at radius 1 is 1.06 bits per heavy atom. The molecule has 0 saturated carbocycles. The van der Waals surface area contributed by atoms with E-state index >= 15 is 0 Å². The maximum absolute atomic E-state index is 12.1. The van der Waals surface area contributed by atoms with Crippen LogP contribution in [0, 0.1) is 0 Å². The van der Waals surface area contributed by atoms with Gasteiger partial charge in [-0.3, -0.25) is 4.79 Å². The fraction of sp³-hybridized carbons (Fsp3) is 0.417. The van der Waals surface area contributed by atoms with Crippen LogP contribution in [0.4, 0.5) is 11.4 Å². The number of nitrogens with zero attached hydrogens (tertiary/aromatic N) is 2. The fourth-order valence-corrected chi connectivity index (χ4v) is 1.47. The second-order valence-corrected chi connectivity index (χ2v) is 4.42. The summed E-state index contributed by atoms with van der Waals surface area (Å²) in [6, 6.07) is 4.92. The van der Waals surface area contributed by atoms with Gasteiger partial charge in [0.15, 0.2) is 0 Å². The summed E-state index contributed by atoms with van der Waals surface area (Å²) in [4.78, 5) is 15.7. The minimum atomic E-state index is -0.0640. The van der Waals surface area contributed by atoms with E-state index in [1.54, 1.807) is 30.1 Å². The Morgan fingerprint density at radius 2 is 1.59 bits per heavy atom. The van der Waals surface area contributed by atoms with Crippen molar-refractivity contribution < 1.29 is 4.79 Å². The van der Waals surface area contributed by atoms with Gasteiger partial charge in [-0.1, -0.05) is 0 Å². The normalized spacial score (nSPS) is 10.6. The highest BCUT2D eigenvalue weighted by molar-refractivity contribution is 5.95. The zero-order valence-electron chi connectivity index (χ0n) is 10.6. The molecule has 0 aliphatic rings. The quantitative estimate of drug-likeness (QED) is 0.746. The SMILES string of the molecule is CN(C)CCN(C)C(=O)c1cc(N)cc(N)c1. The number of nitrogens with two attached hydrogens (primary N) is 2. The summed E-state index contributed by atoms with van der Waals surface area (Å²) < 4.78 is 0. The molecular weight excluding hydrogens is 216 g/mol. The minimum Gasteiger partial charge on any atom is -0.399 e. The molecule has 1 amide bonds. The van der Waals surface area contributed by atoms with Crippen LogP contribution in [0.2, 0.25) is 0 Å². The highest BCUT2D eigenvalue weighted by Crippen LogP contribution is 2.14. The van der Waals surface area contributed by atoms with Crippen LogP contribution < -0.4 is 11.5 Å². The van der Waals surface area contributed by atoms with Gasteiger partial charge in [0.05, 0.1) is 0 Å². The van der Waals surface area contributed by atoms with E-state index in [1.165, 1.54) is 0 Å². The maximum atomic E-state index is 12.1. The van der Waals surface area contributed by atoms with E-state index in [0.717, 1.165) is 6.54 Å². The molecule has 1 aromatic rings. The largest absolute Gasteiger partial charge is 0.399 e. The van der Waals surface area contributed by atoms with E-state index in [1.807, 2.05) is 19.0 Å². The first kappa shape index (κ1) is 13.3. The number of nitrogen functional groups attached to an aromatic ring is 2. The van der Waals surface area contributed by atoms with E-state index in [4.69, 9.17) is 11.5 Å². The zero-order chi connectivity index (χ0) is 13.0. The average Bonchev–Trinajstić information content (AvgIpc) is 2.23. The van der Waals surface area contributed by atoms with Gasteiger partial charge in [-0.25, -0.2) is 0 Å². The van der Waals surface area contributed by atoms with E-state index in [2.05, 4.69) is 0 Å². The Hall–Kier alpha value is -1.75. The first-order valence-electron chi connectivity index (χ1n) is 5.46. The molecule has 1 aromatic carbocycles. The number of anilines is 2. The van der Waals surface area contributed by atoms with Crippen LogP contribution in [0.1, 0.15) is 10.4 Å². The standard InChI is InChI=1S/C12H20N4O/c1-15(2)4-5-16(3)12(17)9-6-10(13)8-11(14)7-9/h6-8H,4-5,13-14H2,1-3H3. The van der Waals surface area contributed by atoms with E-state index in [0.29, 0.717) is 23.5 Å². The molecule has 0 aliphatic carbocycles. The molecule has 0 aliphatic heterocycles. The number of hydrogen-bond donors (Lipinski definition) is 2. The number of carbonyl (C=O) groups is 1. The lowest BCUT2D eigenvalue weighted by Gasteiger charge is -2.20. The van der Waals surface area contributed by atoms with Gasteiger partial charge in [-0.2, -0.15) is 0 Å².